The van der Waals surface area contributed by atoms with Gasteiger partial charge in [0.1, 0.15) is 6.29 Å². The Morgan fingerprint density at radius 2 is 2.38 bits per heavy atom. The molecule has 0 aliphatic rings. The summed E-state index contributed by atoms with van der Waals surface area (Å²) in [5.74, 6) is 0.513. The Morgan fingerprint density at radius 3 is 3.08 bits per heavy atom. The van der Waals surface area contributed by atoms with Gasteiger partial charge in [-0.25, -0.2) is 0 Å². The predicted molar refractivity (Wildman–Crippen MR) is 48.0 cm³/mol. The first kappa shape index (κ1) is 7.79. The quantitative estimate of drug-likeness (QED) is 0.703. The molecule has 1 N–H and O–H groups in total. The lowest BCUT2D eigenvalue weighted by atomic mass is 10.2. The van der Waals surface area contributed by atoms with Crippen molar-refractivity contribution in [1.29, 1.82) is 0 Å². The number of aldehydes is 1. The highest BCUT2D eigenvalue weighted by molar-refractivity contribution is 5.89. The summed E-state index contributed by atoms with van der Waals surface area (Å²) in [5.41, 5.74) is 1.48. The molecule has 0 amide bonds. The van der Waals surface area contributed by atoms with Crippen LogP contribution >= 0.6 is 0 Å². The van der Waals surface area contributed by atoms with Crippen LogP contribution in [0.1, 0.15) is 10.4 Å². The largest absolute Gasteiger partial charge is 0.480 e. The maximum absolute atomic E-state index is 10.5. The molecule has 1 heterocycles. The van der Waals surface area contributed by atoms with E-state index in [0.29, 0.717) is 11.4 Å². The van der Waals surface area contributed by atoms with Crippen LogP contribution in [0.2, 0.25) is 0 Å². The Morgan fingerprint density at radius 1 is 1.54 bits per heavy atom. The van der Waals surface area contributed by atoms with Crippen LogP contribution in [0, 0.1) is 0 Å². The monoisotopic (exact) mass is 176 g/mol. The van der Waals surface area contributed by atoms with Crippen LogP contribution in [0.5, 0.6) is 5.88 Å². The van der Waals surface area contributed by atoms with Gasteiger partial charge in [-0.3, -0.25) is 9.89 Å². The maximum Gasteiger partial charge on any atom is 0.240 e. The smallest absolute Gasteiger partial charge is 0.240 e. The summed E-state index contributed by atoms with van der Waals surface area (Å²) in [4.78, 5) is 10.5. The second-order valence-electron chi connectivity index (χ2n) is 2.66. The zero-order chi connectivity index (χ0) is 9.26. The van der Waals surface area contributed by atoms with Crippen LogP contribution in [0.25, 0.3) is 10.9 Å². The van der Waals surface area contributed by atoms with Crippen LogP contribution in [0.4, 0.5) is 0 Å². The fraction of sp³-hybridized carbons (Fsp3) is 0.111. The molecule has 4 nitrogen and oxygen atoms in total. The highest BCUT2D eigenvalue weighted by atomic mass is 16.5. The second kappa shape index (κ2) is 2.90. The van der Waals surface area contributed by atoms with Crippen molar-refractivity contribution in [2.75, 3.05) is 7.11 Å². The van der Waals surface area contributed by atoms with Crippen molar-refractivity contribution in [3.63, 3.8) is 0 Å². The molecule has 0 bridgehead atoms. The van der Waals surface area contributed by atoms with Crippen molar-refractivity contribution in [1.82, 2.24) is 10.2 Å². The molecule has 1 aromatic carbocycles. The highest BCUT2D eigenvalue weighted by Crippen LogP contribution is 2.22. The van der Waals surface area contributed by atoms with Crippen LogP contribution in [-0.4, -0.2) is 23.6 Å². The van der Waals surface area contributed by atoms with Gasteiger partial charge < -0.3 is 4.74 Å². The molecular weight excluding hydrogens is 168 g/mol. The third kappa shape index (κ3) is 1.16. The average Bonchev–Trinajstić information content (AvgIpc) is 2.59. The molecular formula is C9H8N2O2. The topological polar surface area (TPSA) is 55.0 Å². The van der Waals surface area contributed by atoms with Gasteiger partial charge in [0.15, 0.2) is 0 Å². The first-order valence-corrected chi connectivity index (χ1v) is 3.82. The van der Waals surface area contributed by atoms with Crippen molar-refractivity contribution in [3.8, 4) is 5.88 Å². The number of nitrogens with one attached hydrogen (secondary N) is 1. The van der Waals surface area contributed by atoms with Gasteiger partial charge in [0.2, 0.25) is 5.88 Å². The Kier molecular flexibility index (Phi) is 1.73. The number of aromatic amines is 1. The fourth-order valence-corrected chi connectivity index (χ4v) is 1.24. The number of H-pyrrole nitrogens is 1. The van der Waals surface area contributed by atoms with E-state index in [2.05, 4.69) is 10.2 Å². The second-order valence-corrected chi connectivity index (χ2v) is 2.66. The summed E-state index contributed by atoms with van der Waals surface area (Å²) in [5, 5.41) is 7.55. The van der Waals surface area contributed by atoms with Crippen molar-refractivity contribution < 1.29 is 9.53 Å². The van der Waals surface area contributed by atoms with E-state index in [1.807, 2.05) is 0 Å². The van der Waals surface area contributed by atoms with E-state index < -0.39 is 0 Å². The van der Waals surface area contributed by atoms with Gasteiger partial charge >= 0.3 is 0 Å². The van der Waals surface area contributed by atoms with E-state index >= 15 is 0 Å². The van der Waals surface area contributed by atoms with Crippen molar-refractivity contribution >= 4 is 17.2 Å². The lowest BCUT2D eigenvalue weighted by molar-refractivity contribution is 0.112. The number of carbonyl (C=O) groups excluding carboxylic acids is 1. The van der Waals surface area contributed by atoms with Crippen LogP contribution in [-0.2, 0) is 0 Å². The van der Waals surface area contributed by atoms with Crippen LogP contribution < -0.4 is 4.74 Å². The lowest BCUT2D eigenvalue weighted by Crippen LogP contribution is -1.83. The van der Waals surface area contributed by atoms with Gasteiger partial charge in [0.25, 0.3) is 0 Å². The van der Waals surface area contributed by atoms with E-state index in [1.165, 1.54) is 0 Å². The zero-order valence-electron chi connectivity index (χ0n) is 7.07. The molecule has 0 aliphatic carbocycles. The van der Waals surface area contributed by atoms with Gasteiger partial charge in [-0.1, -0.05) is 0 Å². The molecule has 0 unspecified atom stereocenters. The van der Waals surface area contributed by atoms with Crippen molar-refractivity contribution in [2.45, 2.75) is 0 Å². The predicted octanol–water partition coefficient (Wildman–Crippen LogP) is 1.38. The summed E-state index contributed by atoms with van der Waals surface area (Å²) >= 11 is 0. The minimum Gasteiger partial charge on any atom is -0.480 e. The Balaban J connectivity index is 2.71. The number of hydrogen-bond donors (Lipinski definition) is 1. The number of rotatable bonds is 2. The Labute approximate surface area is 74.5 Å². The summed E-state index contributed by atoms with van der Waals surface area (Å²) in [6, 6.07) is 5.27. The number of fused-ring (bicyclic) bond motifs is 1. The van der Waals surface area contributed by atoms with Crippen molar-refractivity contribution in [3.05, 3.63) is 23.8 Å². The molecule has 0 spiro atoms. The molecule has 2 rings (SSSR count). The number of aromatic nitrogens is 2. The molecule has 4 heteroatoms. The van der Waals surface area contributed by atoms with Crippen LogP contribution in [0.15, 0.2) is 18.2 Å². The number of ether oxygens (including phenoxy) is 1. The standard InChI is InChI=1S/C9H8N2O2/c1-13-9-7-4-6(5-12)2-3-8(7)10-11-9/h2-5H,1H3,(H,10,11). The van der Waals surface area contributed by atoms with E-state index in [-0.39, 0.29) is 0 Å². The van der Waals surface area contributed by atoms with Crippen molar-refractivity contribution in [2.24, 2.45) is 0 Å². The molecule has 0 fully saturated rings. The molecule has 66 valence electrons. The SMILES string of the molecule is COc1n[nH]c2ccc(C=O)cc12. The minimum absolute atomic E-state index is 0.513. The third-order valence-electron chi connectivity index (χ3n) is 1.88. The number of carbonyl (C=O) groups is 1. The molecule has 13 heavy (non-hydrogen) atoms. The first-order chi connectivity index (χ1) is 6.35. The summed E-state index contributed by atoms with van der Waals surface area (Å²) in [7, 11) is 1.54. The molecule has 0 radical (unpaired) electrons. The minimum atomic E-state index is 0.513. The van der Waals surface area contributed by atoms with E-state index in [1.54, 1.807) is 25.3 Å². The van der Waals surface area contributed by atoms with Crippen LogP contribution in [0.3, 0.4) is 0 Å². The molecule has 0 aliphatic heterocycles. The molecule has 0 saturated heterocycles. The van der Waals surface area contributed by atoms with Gasteiger partial charge in [-0.15, -0.1) is 5.10 Å². The lowest BCUT2D eigenvalue weighted by Gasteiger charge is -1.94. The zero-order valence-corrected chi connectivity index (χ0v) is 7.07. The summed E-state index contributed by atoms with van der Waals surface area (Å²) in [6.07, 6.45) is 0.797. The maximum atomic E-state index is 10.5. The van der Waals surface area contributed by atoms with E-state index in [9.17, 15) is 4.79 Å². The Hall–Kier alpha value is -1.84. The van der Waals surface area contributed by atoms with E-state index in [0.717, 1.165) is 17.2 Å². The molecule has 1 aromatic heterocycles. The number of methoxy groups -OCH3 is 1. The fourth-order valence-electron chi connectivity index (χ4n) is 1.24. The average molecular weight is 176 g/mol. The summed E-state index contributed by atoms with van der Waals surface area (Å²) < 4.78 is 5.01. The van der Waals surface area contributed by atoms with Gasteiger partial charge in [-0.2, -0.15) is 0 Å². The summed E-state index contributed by atoms with van der Waals surface area (Å²) in [6.45, 7) is 0. The highest BCUT2D eigenvalue weighted by Gasteiger charge is 2.05. The number of benzene rings is 1. The van der Waals surface area contributed by atoms with Gasteiger partial charge in [0.05, 0.1) is 18.0 Å². The normalized spacial score (nSPS) is 10.2. The van der Waals surface area contributed by atoms with Gasteiger partial charge in [0, 0.05) is 5.56 Å². The molecule has 0 saturated carbocycles. The number of nitrogens with zero attached hydrogens (tertiary/aromatic N) is 1. The Bertz CT molecular complexity index is 448. The number of hydrogen-bond acceptors (Lipinski definition) is 3. The first-order valence-electron chi connectivity index (χ1n) is 3.82. The molecule has 0 atom stereocenters. The third-order valence-corrected chi connectivity index (χ3v) is 1.88. The van der Waals surface area contributed by atoms with Gasteiger partial charge in [-0.05, 0) is 18.2 Å². The molecule has 2 aromatic rings. The van der Waals surface area contributed by atoms with E-state index in [4.69, 9.17) is 4.74 Å².